The molecule has 5 nitrogen and oxygen atoms in total. The first kappa shape index (κ1) is 20.2. The van der Waals surface area contributed by atoms with Crippen LogP contribution < -0.4 is 10.6 Å². The predicted octanol–water partition coefficient (Wildman–Crippen LogP) is 2.43. The Bertz CT molecular complexity index is 587. The third kappa shape index (κ3) is 7.52. The Morgan fingerprint density at radius 2 is 1.91 bits per heavy atom. The Labute approximate surface area is 156 Å². The number of benzene rings is 1. The molecule has 0 aromatic heterocycles. The van der Waals surface area contributed by atoms with Crippen LogP contribution in [0, 0.1) is 5.92 Å². The molecule has 1 saturated carbocycles. The highest BCUT2D eigenvalue weighted by Gasteiger charge is 2.20. The molecular weight excluding hydrogens is 425 g/mol. The minimum absolute atomic E-state index is 0. The molecule has 0 radical (unpaired) electrons. The Balaban J connectivity index is 0.00000264. The SMILES string of the molecule is CCNC(=NCC1CC1)NCCCS(=O)(=O)c1ccccc1.I. The Morgan fingerprint density at radius 1 is 1.22 bits per heavy atom. The zero-order valence-electron chi connectivity index (χ0n) is 13.5. The highest BCUT2D eigenvalue weighted by atomic mass is 127. The molecule has 0 amide bonds. The molecular formula is C16H26IN3O2S. The number of nitrogens with zero attached hydrogens (tertiary/aromatic N) is 1. The largest absolute Gasteiger partial charge is 0.357 e. The van der Waals surface area contributed by atoms with Gasteiger partial charge in [0.15, 0.2) is 15.8 Å². The minimum atomic E-state index is -3.19. The summed E-state index contributed by atoms with van der Waals surface area (Å²) >= 11 is 0. The molecule has 0 atom stereocenters. The first-order valence-corrected chi connectivity index (χ1v) is 9.57. The van der Waals surface area contributed by atoms with E-state index in [0.717, 1.165) is 25.0 Å². The van der Waals surface area contributed by atoms with Crippen molar-refractivity contribution in [3.63, 3.8) is 0 Å². The maximum atomic E-state index is 12.2. The van der Waals surface area contributed by atoms with Gasteiger partial charge in [0, 0.05) is 19.6 Å². The van der Waals surface area contributed by atoms with E-state index in [4.69, 9.17) is 0 Å². The van der Waals surface area contributed by atoms with Gasteiger partial charge in [-0.15, -0.1) is 24.0 Å². The van der Waals surface area contributed by atoms with E-state index in [2.05, 4.69) is 15.6 Å². The minimum Gasteiger partial charge on any atom is -0.357 e. The van der Waals surface area contributed by atoms with Gasteiger partial charge < -0.3 is 10.6 Å². The zero-order valence-corrected chi connectivity index (χ0v) is 16.6. The van der Waals surface area contributed by atoms with Crippen molar-refractivity contribution in [1.29, 1.82) is 0 Å². The topological polar surface area (TPSA) is 70.6 Å². The number of nitrogens with one attached hydrogen (secondary N) is 2. The van der Waals surface area contributed by atoms with Crippen LogP contribution in [0.15, 0.2) is 40.2 Å². The number of hydrogen-bond donors (Lipinski definition) is 2. The first-order chi connectivity index (χ1) is 10.6. The highest BCUT2D eigenvalue weighted by molar-refractivity contribution is 14.0. The van der Waals surface area contributed by atoms with E-state index in [1.54, 1.807) is 24.3 Å². The van der Waals surface area contributed by atoms with Crippen molar-refractivity contribution in [2.45, 2.75) is 31.1 Å². The van der Waals surface area contributed by atoms with E-state index < -0.39 is 9.84 Å². The molecule has 0 unspecified atom stereocenters. The molecule has 0 saturated heterocycles. The molecule has 0 bridgehead atoms. The van der Waals surface area contributed by atoms with Crippen LogP contribution in [-0.2, 0) is 9.84 Å². The van der Waals surface area contributed by atoms with Gasteiger partial charge in [-0.1, -0.05) is 18.2 Å². The lowest BCUT2D eigenvalue weighted by Gasteiger charge is -2.11. The van der Waals surface area contributed by atoms with Gasteiger partial charge in [-0.2, -0.15) is 0 Å². The Hall–Kier alpha value is -0.830. The van der Waals surface area contributed by atoms with Gasteiger partial charge in [-0.05, 0) is 44.2 Å². The molecule has 0 spiro atoms. The summed E-state index contributed by atoms with van der Waals surface area (Å²) in [6.07, 6.45) is 3.11. The van der Waals surface area contributed by atoms with Gasteiger partial charge in [-0.25, -0.2) is 8.42 Å². The summed E-state index contributed by atoms with van der Waals surface area (Å²) in [4.78, 5) is 4.91. The average Bonchev–Trinajstić information content (AvgIpc) is 3.34. The van der Waals surface area contributed by atoms with Crippen molar-refractivity contribution in [3.05, 3.63) is 30.3 Å². The number of sulfone groups is 1. The van der Waals surface area contributed by atoms with Crippen molar-refractivity contribution >= 4 is 39.8 Å². The van der Waals surface area contributed by atoms with E-state index in [1.165, 1.54) is 12.8 Å². The number of guanidine groups is 1. The van der Waals surface area contributed by atoms with Crippen molar-refractivity contribution in [2.24, 2.45) is 10.9 Å². The Kier molecular flexibility index (Phi) is 8.90. The summed E-state index contributed by atoms with van der Waals surface area (Å²) in [6, 6.07) is 8.60. The second-order valence-electron chi connectivity index (χ2n) is 5.58. The van der Waals surface area contributed by atoms with Crippen LogP contribution in [0.3, 0.4) is 0 Å². The number of hydrogen-bond acceptors (Lipinski definition) is 3. The summed E-state index contributed by atoms with van der Waals surface area (Å²) in [5, 5.41) is 6.39. The van der Waals surface area contributed by atoms with E-state index in [9.17, 15) is 8.42 Å². The molecule has 130 valence electrons. The van der Waals surface area contributed by atoms with Crippen LogP contribution in [0.25, 0.3) is 0 Å². The third-order valence-corrected chi connectivity index (χ3v) is 5.35. The maximum Gasteiger partial charge on any atom is 0.191 e. The van der Waals surface area contributed by atoms with Gasteiger partial charge in [0.05, 0.1) is 10.6 Å². The normalized spacial score (nSPS) is 14.9. The fourth-order valence-corrected chi connectivity index (χ4v) is 3.41. The monoisotopic (exact) mass is 451 g/mol. The maximum absolute atomic E-state index is 12.2. The summed E-state index contributed by atoms with van der Waals surface area (Å²) in [5.41, 5.74) is 0. The third-order valence-electron chi connectivity index (χ3n) is 3.53. The van der Waals surface area contributed by atoms with Gasteiger partial charge in [-0.3, -0.25) is 4.99 Å². The average molecular weight is 451 g/mol. The fourth-order valence-electron chi connectivity index (χ4n) is 2.08. The Morgan fingerprint density at radius 3 is 2.52 bits per heavy atom. The molecule has 1 aromatic rings. The molecule has 0 aliphatic heterocycles. The van der Waals surface area contributed by atoms with Crippen LogP contribution in [0.1, 0.15) is 26.2 Å². The van der Waals surface area contributed by atoms with Crippen molar-refractivity contribution in [1.82, 2.24) is 10.6 Å². The number of aliphatic imine (C=N–C) groups is 1. The van der Waals surface area contributed by atoms with Gasteiger partial charge in [0.25, 0.3) is 0 Å². The molecule has 0 heterocycles. The first-order valence-electron chi connectivity index (χ1n) is 7.92. The molecule has 2 rings (SSSR count). The quantitative estimate of drug-likeness (QED) is 0.276. The highest BCUT2D eigenvalue weighted by Crippen LogP contribution is 2.28. The molecule has 1 fully saturated rings. The molecule has 1 aliphatic rings. The van der Waals surface area contributed by atoms with Gasteiger partial charge in [0.2, 0.25) is 0 Å². The second kappa shape index (κ2) is 10.1. The lowest BCUT2D eigenvalue weighted by molar-refractivity contribution is 0.592. The lowest BCUT2D eigenvalue weighted by Crippen LogP contribution is -2.38. The molecule has 7 heteroatoms. The van der Waals surface area contributed by atoms with Gasteiger partial charge >= 0.3 is 0 Å². The van der Waals surface area contributed by atoms with Crippen LogP contribution in [0.4, 0.5) is 0 Å². The fraction of sp³-hybridized carbons (Fsp3) is 0.562. The molecule has 1 aromatic carbocycles. The summed E-state index contributed by atoms with van der Waals surface area (Å²) in [5.74, 6) is 1.67. The number of rotatable bonds is 8. The second-order valence-corrected chi connectivity index (χ2v) is 7.68. The number of halogens is 1. The van der Waals surface area contributed by atoms with Crippen LogP contribution >= 0.6 is 24.0 Å². The van der Waals surface area contributed by atoms with Crippen molar-refractivity contribution in [3.8, 4) is 0 Å². The standard InChI is InChI=1S/C16H25N3O2S.HI/c1-2-17-16(19-13-14-9-10-14)18-11-6-12-22(20,21)15-7-4-3-5-8-15;/h3-5,7-8,14H,2,6,9-13H2,1H3,(H2,17,18,19);1H. The van der Waals surface area contributed by atoms with E-state index in [-0.39, 0.29) is 29.7 Å². The summed E-state index contributed by atoms with van der Waals surface area (Å²) in [7, 11) is -3.19. The molecule has 23 heavy (non-hydrogen) atoms. The van der Waals surface area contributed by atoms with Crippen LogP contribution in [0.5, 0.6) is 0 Å². The predicted molar refractivity (Wildman–Crippen MR) is 105 cm³/mol. The van der Waals surface area contributed by atoms with Crippen LogP contribution in [-0.4, -0.2) is 39.8 Å². The van der Waals surface area contributed by atoms with E-state index in [1.807, 2.05) is 13.0 Å². The van der Waals surface area contributed by atoms with E-state index >= 15 is 0 Å². The van der Waals surface area contributed by atoms with E-state index in [0.29, 0.717) is 17.9 Å². The lowest BCUT2D eigenvalue weighted by atomic mass is 10.4. The molecule has 1 aliphatic carbocycles. The van der Waals surface area contributed by atoms with Crippen LogP contribution in [0.2, 0.25) is 0 Å². The zero-order chi connectivity index (χ0) is 15.8. The van der Waals surface area contributed by atoms with Crippen molar-refractivity contribution in [2.75, 3.05) is 25.4 Å². The summed E-state index contributed by atoms with van der Waals surface area (Å²) < 4.78 is 24.3. The van der Waals surface area contributed by atoms with Gasteiger partial charge in [0.1, 0.15) is 0 Å². The smallest absolute Gasteiger partial charge is 0.191 e. The summed E-state index contributed by atoms with van der Waals surface area (Å²) in [6.45, 7) is 4.28. The molecule has 2 N–H and O–H groups in total. The van der Waals surface area contributed by atoms with Crippen molar-refractivity contribution < 1.29 is 8.42 Å².